The van der Waals surface area contributed by atoms with Crippen LogP contribution in [0.4, 0.5) is 8.78 Å². The number of benzene rings is 2. The van der Waals surface area contributed by atoms with Gasteiger partial charge in [0.1, 0.15) is 6.04 Å². The van der Waals surface area contributed by atoms with Crippen LogP contribution in [-0.4, -0.2) is 29.8 Å². The molecule has 2 aromatic carbocycles. The molecule has 2 aromatic rings. The van der Waals surface area contributed by atoms with Gasteiger partial charge >= 0.3 is 0 Å². The first kappa shape index (κ1) is 15.1. The van der Waals surface area contributed by atoms with Gasteiger partial charge < -0.3 is 10.2 Å². The Labute approximate surface area is 131 Å². The lowest BCUT2D eigenvalue weighted by molar-refractivity contribution is -0.128. The SMILES string of the molecule is O=C1NCCN(C(=O)c2ccc(F)c(F)c2)C1c1ccccc1. The van der Waals surface area contributed by atoms with Gasteiger partial charge in [-0.1, -0.05) is 30.3 Å². The molecule has 118 valence electrons. The van der Waals surface area contributed by atoms with E-state index < -0.39 is 23.6 Å². The molecular formula is C17H14F2N2O2. The molecule has 3 rings (SSSR count). The van der Waals surface area contributed by atoms with E-state index in [9.17, 15) is 18.4 Å². The number of carbonyl (C=O) groups is 2. The molecule has 1 saturated heterocycles. The number of nitrogens with zero attached hydrogens (tertiary/aromatic N) is 1. The zero-order valence-electron chi connectivity index (χ0n) is 12.1. The minimum Gasteiger partial charge on any atom is -0.352 e. The zero-order valence-corrected chi connectivity index (χ0v) is 12.1. The van der Waals surface area contributed by atoms with Crippen molar-refractivity contribution in [1.82, 2.24) is 10.2 Å². The summed E-state index contributed by atoms with van der Waals surface area (Å²) in [4.78, 5) is 26.2. The lowest BCUT2D eigenvalue weighted by atomic mass is 10.0. The molecule has 0 saturated carbocycles. The maximum atomic E-state index is 13.4. The van der Waals surface area contributed by atoms with Crippen molar-refractivity contribution in [2.75, 3.05) is 13.1 Å². The highest BCUT2D eigenvalue weighted by Gasteiger charge is 2.34. The number of hydrogen-bond acceptors (Lipinski definition) is 2. The standard InChI is InChI=1S/C17H14F2N2O2/c18-13-7-6-12(10-14(13)19)17(23)21-9-8-20-16(22)15(21)11-4-2-1-3-5-11/h1-7,10,15H,8-9H2,(H,20,22). The van der Waals surface area contributed by atoms with E-state index >= 15 is 0 Å². The van der Waals surface area contributed by atoms with Crippen LogP contribution in [0.25, 0.3) is 0 Å². The normalized spacial score (nSPS) is 17.7. The minimum absolute atomic E-state index is 0.0135. The average molecular weight is 316 g/mol. The highest BCUT2D eigenvalue weighted by atomic mass is 19.2. The predicted octanol–water partition coefficient (Wildman–Crippen LogP) is 2.28. The lowest BCUT2D eigenvalue weighted by Crippen LogP contribution is -2.52. The Morgan fingerprint density at radius 1 is 1.09 bits per heavy atom. The maximum Gasteiger partial charge on any atom is 0.254 e. The molecule has 0 aliphatic carbocycles. The fourth-order valence-corrected chi connectivity index (χ4v) is 2.65. The van der Waals surface area contributed by atoms with Gasteiger partial charge in [0.25, 0.3) is 5.91 Å². The molecular weight excluding hydrogens is 302 g/mol. The van der Waals surface area contributed by atoms with Crippen LogP contribution in [0.3, 0.4) is 0 Å². The van der Waals surface area contributed by atoms with Crippen molar-refractivity contribution in [2.45, 2.75) is 6.04 Å². The Morgan fingerprint density at radius 3 is 2.52 bits per heavy atom. The molecule has 1 N–H and O–H groups in total. The summed E-state index contributed by atoms with van der Waals surface area (Å²) in [5.41, 5.74) is 0.681. The van der Waals surface area contributed by atoms with Gasteiger partial charge in [0.2, 0.25) is 5.91 Å². The Kier molecular flexibility index (Phi) is 4.06. The van der Waals surface area contributed by atoms with Crippen LogP contribution in [0.15, 0.2) is 48.5 Å². The topological polar surface area (TPSA) is 49.4 Å². The van der Waals surface area contributed by atoms with E-state index in [0.29, 0.717) is 18.7 Å². The van der Waals surface area contributed by atoms with Crippen LogP contribution in [0.5, 0.6) is 0 Å². The first-order valence-corrected chi connectivity index (χ1v) is 7.16. The van der Waals surface area contributed by atoms with E-state index in [-0.39, 0.29) is 11.5 Å². The van der Waals surface area contributed by atoms with Gasteiger partial charge in [-0.15, -0.1) is 0 Å². The summed E-state index contributed by atoms with van der Waals surface area (Å²) in [6.07, 6.45) is 0. The van der Waals surface area contributed by atoms with Crippen molar-refractivity contribution in [3.05, 3.63) is 71.3 Å². The van der Waals surface area contributed by atoms with Gasteiger partial charge in [0.05, 0.1) is 0 Å². The van der Waals surface area contributed by atoms with Crippen molar-refractivity contribution in [3.63, 3.8) is 0 Å². The molecule has 6 heteroatoms. The summed E-state index contributed by atoms with van der Waals surface area (Å²) in [7, 11) is 0. The number of rotatable bonds is 2. The van der Waals surface area contributed by atoms with Gasteiger partial charge in [-0.05, 0) is 23.8 Å². The molecule has 0 spiro atoms. The second kappa shape index (κ2) is 6.16. The molecule has 1 atom stereocenters. The number of carbonyl (C=O) groups excluding carboxylic acids is 2. The van der Waals surface area contributed by atoms with E-state index in [1.165, 1.54) is 11.0 Å². The third kappa shape index (κ3) is 2.92. The molecule has 2 amide bonds. The summed E-state index contributed by atoms with van der Waals surface area (Å²) < 4.78 is 26.4. The highest BCUT2D eigenvalue weighted by Crippen LogP contribution is 2.25. The summed E-state index contributed by atoms with van der Waals surface area (Å²) >= 11 is 0. The summed E-state index contributed by atoms with van der Waals surface area (Å²) in [5.74, 6) is -2.91. The lowest BCUT2D eigenvalue weighted by Gasteiger charge is -2.35. The largest absolute Gasteiger partial charge is 0.352 e. The summed E-state index contributed by atoms with van der Waals surface area (Å²) in [5, 5.41) is 2.72. The van der Waals surface area contributed by atoms with Crippen LogP contribution in [0, 0.1) is 11.6 Å². The molecule has 0 bridgehead atoms. The van der Waals surface area contributed by atoms with Crippen molar-refractivity contribution in [2.24, 2.45) is 0 Å². The summed E-state index contributed by atoms with van der Waals surface area (Å²) in [6.45, 7) is 0.612. The molecule has 0 radical (unpaired) electrons. The van der Waals surface area contributed by atoms with E-state index in [2.05, 4.69) is 5.32 Å². The smallest absolute Gasteiger partial charge is 0.254 e. The van der Waals surface area contributed by atoms with Crippen LogP contribution < -0.4 is 5.32 Å². The monoisotopic (exact) mass is 316 g/mol. The second-order valence-corrected chi connectivity index (χ2v) is 5.23. The fraction of sp³-hybridized carbons (Fsp3) is 0.176. The van der Waals surface area contributed by atoms with Crippen LogP contribution in [0.2, 0.25) is 0 Å². The quantitative estimate of drug-likeness (QED) is 0.924. The summed E-state index contributed by atoms with van der Waals surface area (Å²) in [6, 6.07) is 11.1. The fourth-order valence-electron chi connectivity index (χ4n) is 2.65. The minimum atomic E-state index is -1.09. The van der Waals surface area contributed by atoms with Crippen LogP contribution in [0.1, 0.15) is 22.0 Å². The first-order valence-electron chi connectivity index (χ1n) is 7.16. The van der Waals surface area contributed by atoms with Crippen molar-refractivity contribution >= 4 is 11.8 Å². The van der Waals surface area contributed by atoms with Crippen molar-refractivity contribution in [1.29, 1.82) is 0 Å². The Hall–Kier alpha value is -2.76. The van der Waals surface area contributed by atoms with Crippen LogP contribution >= 0.6 is 0 Å². The number of amides is 2. The van der Waals surface area contributed by atoms with Crippen LogP contribution in [-0.2, 0) is 4.79 Å². The highest BCUT2D eigenvalue weighted by molar-refractivity contribution is 5.98. The predicted molar refractivity (Wildman–Crippen MR) is 79.6 cm³/mol. The maximum absolute atomic E-state index is 13.4. The van der Waals surface area contributed by atoms with Gasteiger partial charge in [-0.3, -0.25) is 9.59 Å². The van der Waals surface area contributed by atoms with Gasteiger partial charge in [0.15, 0.2) is 11.6 Å². The average Bonchev–Trinajstić information content (AvgIpc) is 2.57. The molecule has 4 nitrogen and oxygen atoms in total. The van der Waals surface area contributed by atoms with E-state index in [4.69, 9.17) is 0 Å². The number of halogens is 2. The Bertz CT molecular complexity index is 750. The molecule has 1 aliphatic rings. The molecule has 1 fully saturated rings. The first-order chi connectivity index (χ1) is 11.1. The number of nitrogens with one attached hydrogen (secondary N) is 1. The Morgan fingerprint density at radius 2 is 1.83 bits per heavy atom. The number of hydrogen-bond donors (Lipinski definition) is 1. The van der Waals surface area contributed by atoms with E-state index in [0.717, 1.165) is 12.1 Å². The van der Waals surface area contributed by atoms with Gasteiger partial charge in [0, 0.05) is 18.7 Å². The molecule has 1 unspecified atom stereocenters. The van der Waals surface area contributed by atoms with Gasteiger partial charge in [-0.2, -0.15) is 0 Å². The molecule has 0 aromatic heterocycles. The second-order valence-electron chi connectivity index (χ2n) is 5.23. The Balaban J connectivity index is 1.96. The van der Waals surface area contributed by atoms with E-state index in [1.54, 1.807) is 24.3 Å². The third-order valence-corrected chi connectivity index (χ3v) is 3.75. The molecule has 23 heavy (non-hydrogen) atoms. The van der Waals surface area contributed by atoms with Crippen molar-refractivity contribution < 1.29 is 18.4 Å². The zero-order chi connectivity index (χ0) is 16.4. The third-order valence-electron chi connectivity index (χ3n) is 3.75. The van der Waals surface area contributed by atoms with Gasteiger partial charge in [-0.25, -0.2) is 8.78 Å². The molecule has 1 aliphatic heterocycles. The van der Waals surface area contributed by atoms with E-state index in [1.807, 2.05) is 6.07 Å². The number of piperazine rings is 1. The molecule has 1 heterocycles. The van der Waals surface area contributed by atoms with Crippen molar-refractivity contribution in [3.8, 4) is 0 Å².